The molecule has 2 aromatic carbocycles. The molecule has 2 rings (SSSR count). The molecule has 0 amide bonds. The smallest absolute Gasteiger partial charge is 0.139 e. The van der Waals surface area contributed by atoms with E-state index in [2.05, 4.69) is 68.2 Å². The predicted molar refractivity (Wildman–Crippen MR) is 101 cm³/mol. The molecule has 126 valence electrons. The van der Waals surface area contributed by atoms with Crippen molar-refractivity contribution in [1.29, 1.82) is 0 Å². The molecule has 0 bridgehead atoms. The van der Waals surface area contributed by atoms with E-state index in [0.29, 0.717) is 5.92 Å². The van der Waals surface area contributed by atoms with E-state index in [1.54, 1.807) is 7.11 Å². The topological polar surface area (TPSA) is 13.7 Å². The van der Waals surface area contributed by atoms with E-state index in [1.165, 1.54) is 16.0 Å². The zero-order valence-electron chi connectivity index (χ0n) is 15.0. The summed E-state index contributed by atoms with van der Waals surface area (Å²) in [5.74, 6) is 7.97. The van der Waals surface area contributed by atoms with Crippen LogP contribution >= 0.6 is 0 Å². The minimum atomic E-state index is 0.302. The van der Waals surface area contributed by atoms with E-state index in [0.717, 1.165) is 31.8 Å². The average Bonchev–Trinajstić information content (AvgIpc) is 2.66. The molecule has 0 spiro atoms. The second-order valence-corrected chi connectivity index (χ2v) is 5.93. The van der Waals surface area contributed by atoms with Crippen LogP contribution in [0.4, 0.5) is 0 Å². The van der Waals surface area contributed by atoms with E-state index >= 15 is 0 Å². The molecule has 0 saturated heterocycles. The minimum absolute atomic E-state index is 0.302. The van der Waals surface area contributed by atoms with Gasteiger partial charge in [0.25, 0.3) is 0 Å². The number of ether oxygens (including phenoxy) is 1. The number of methoxy groups -OCH3 is 1. The summed E-state index contributed by atoms with van der Waals surface area (Å²) in [6.07, 6.45) is 0.844. The third kappa shape index (κ3) is 5.15. The summed E-state index contributed by atoms with van der Waals surface area (Å²) in [6, 6.07) is 19.0. The summed E-state index contributed by atoms with van der Waals surface area (Å²) in [4.78, 5) is 1.53. The molecule has 0 saturated carbocycles. The first kappa shape index (κ1) is 18.1. The maximum atomic E-state index is 5.27. The molecule has 1 N–H and O–H groups in total. The van der Waals surface area contributed by atoms with Gasteiger partial charge in [-0.2, -0.15) is 0 Å². The Morgan fingerprint density at radius 1 is 0.875 bits per heavy atom. The fourth-order valence-corrected chi connectivity index (χ4v) is 2.81. The van der Waals surface area contributed by atoms with Crippen molar-refractivity contribution in [2.75, 3.05) is 26.7 Å². The van der Waals surface area contributed by atoms with Gasteiger partial charge < -0.3 is 9.64 Å². The molecule has 0 aliphatic carbocycles. The standard InChI is InChI=1S/C22H27NO/c1-4-23(5-2)18-10-9-13-22(19-11-7-6-8-12-19)20-14-16-21(24-3)17-15-20/h6-8,11-12,14-17,22H,4-5,13,18H2,1-3H3/p+1/t22-/m0/s1. The molecule has 0 aromatic heterocycles. The Morgan fingerprint density at radius 3 is 2.08 bits per heavy atom. The maximum absolute atomic E-state index is 5.27. The Morgan fingerprint density at radius 2 is 1.50 bits per heavy atom. The molecule has 1 atom stereocenters. The Labute approximate surface area is 146 Å². The summed E-state index contributed by atoms with van der Waals surface area (Å²) >= 11 is 0. The van der Waals surface area contributed by atoms with Crippen LogP contribution in [-0.4, -0.2) is 26.7 Å². The second-order valence-electron chi connectivity index (χ2n) is 5.93. The summed E-state index contributed by atoms with van der Waals surface area (Å²) in [5.41, 5.74) is 2.60. The van der Waals surface area contributed by atoms with Crippen LogP contribution in [0.5, 0.6) is 5.75 Å². The van der Waals surface area contributed by atoms with Gasteiger partial charge in [-0.3, -0.25) is 0 Å². The number of nitrogens with one attached hydrogen (secondary N) is 1. The minimum Gasteiger partial charge on any atom is -0.497 e. The van der Waals surface area contributed by atoms with Crippen molar-refractivity contribution in [2.45, 2.75) is 26.2 Å². The fraction of sp³-hybridized carbons (Fsp3) is 0.364. The van der Waals surface area contributed by atoms with E-state index < -0.39 is 0 Å². The van der Waals surface area contributed by atoms with Crippen LogP contribution in [0.3, 0.4) is 0 Å². The molecule has 0 aliphatic rings. The van der Waals surface area contributed by atoms with Gasteiger partial charge in [-0.15, -0.1) is 0 Å². The molecule has 2 nitrogen and oxygen atoms in total. The third-order valence-corrected chi connectivity index (χ3v) is 4.49. The van der Waals surface area contributed by atoms with Crippen molar-refractivity contribution < 1.29 is 9.64 Å². The maximum Gasteiger partial charge on any atom is 0.139 e. The lowest BCUT2D eigenvalue weighted by molar-refractivity contribution is -0.889. The molecule has 24 heavy (non-hydrogen) atoms. The Balaban J connectivity index is 2.16. The zero-order valence-corrected chi connectivity index (χ0v) is 15.0. The number of hydrogen-bond acceptors (Lipinski definition) is 1. The largest absolute Gasteiger partial charge is 0.497 e. The summed E-state index contributed by atoms with van der Waals surface area (Å²) in [6.45, 7) is 7.62. The quantitative estimate of drug-likeness (QED) is 0.773. The van der Waals surface area contributed by atoms with Gasteiger partial charge in [0.15, 0.2) is 0 Å². The van der Waals surface area contributed by atoms with Gasteiger partial charge >= 0.3 is 0 Å². The molecule has 0 unspecified atom stereocenters. The highest BCUT2D eigenvalue weighted by atomic mass is 16.5. The highest BCUT2D eigenvalue weighted by Crippen LogP contribution is 2.28. The van der Waals surface area contributed by atoms with Crippen molar-refractivity contribution in [3.05, 3.63) is 65.7 Å². The monoisotopic (exact) mass is 322 g/mol. The predicted octanol–water partition coefficient (Wildman–Crippen LogP) is 3.15. The van der Waals surface area contributed by atoms with Crippen molar-refractivity contribution in [1.82, 2.24) is 0 Å². The second kappa shape index (κ2) is 9.80. The first-order valence-electron chi connectivity index (χ1n) is 8.76. The highest BCUT2D eigenvalue weighted by Gasteiger charge is 2.13. The number of quaternary nitrogens is 1. The van der Waals surface area contributed by atoms with E-state index in [4.69, 9.17) is 4.74 Å². The lowest BCUT2D eigenvalue weighted by atomic mass is 9.89. The normalized spacial score (nSPS) is 11.7. The Kier molecular flexibility index (Phi) is 7.39. The van der Waals surface area contributed by atoms with Crippen LogP contribution in [0.2, 0.25) is 0 Å². The Hall–Kier alpha value is -2.24. The molecular formula is C22H28NO+. The van der Waals surface area contributed by atoms with Gasteiger partial charge in [-0.25, -0.2) is 0 Å². The number of rotatable bonds is 7. The van der Waals surface area contributed by atoms with Gasteiger partial charge in [0.2, 0.25) is 0 Å². The molecule has 0 heterocycles. The van der Waals surface area contributed by atoms with Crippen LogP contribution in [-0.2, 0) is 0 Å². The summed E-state index contributed by atoms with van der Waals surface area (Å²) in [5, 5.41) is 0. The first-order valence-corrected chi connectivity index (χ1v) is 8.76. The average molecular weight is 322 g/mol. The molecular weight excluding hydrogens is 294 g/mol. The van der Waals surface area contributed by atoms with E-state index in [-0.39, 0.29) is 0 Å². The van der Waals surface area contributed by atoms with Crippen LogP contribution in [0.1, 0.15) is 37.3 Å². The SMILES string of the molecule is CC[NH+](CC)CC#CC[C@@H](c1ccccc1)c1ccc(OC)cc1. The van der Waals surface area contributed by atoms with E-state index in [1.807, 2.05) is 12.1 Å². The summed E-state index contributed by atoms with van der Waals surface area (Å²) < 4.78 is 5.27. The molecule has 0 fully saturated rings. The van der Waals surface area contributed by atoms with Crippen molar-refractivity contribution in [3.8, 4) is 17.6 Å². The fourth-order valence-electron chi connectivity index (χ4n) is 2.81. The molecule has 2 heteroatoms. The number of benzene rings is 2. The Bertz CT molecular complexity index is 648. The highest BCUT2D eigenvalue weighted by molar-refractivity contribution is 5.37. The van der Waals surface area contributed by atoms with Gasteiger partial charge in [0, 0.05) is 12.3 Å². The number of hydrogen-bond donors (Lipinski definition) is 1. The van der Waals surface area contributed by atoms with Crippen molar-refractivity contribution in [3.63, 3.8) is 0 Å². The van der Waals surface area contributed by atoms with Gasteiger partial charge in [0.1, 0.15) is 12.3 Å². The van der Waals surface area contributed by atoms with Gasteiger partial charge in [0.05, 0.1) is 20.2 Å². The first-order chi connectivity index (χ1) is 11.8. The van der Waals surface area contributed by atoms with Crippen molar-refractivity contribution >= 4 is 0 Å². The lowest BCUT2D eigenvalue weighted by Crippen LogP contribution is -3.11. The van der Waals surface area contributed by atoms with Crippen LogP contribution in [0, 0.1) is 11.8 Å². The third-order valence-electron chi connectivity index (χ3n) is 4.49. The van der Waals surface area contributed by atoms with Crippen LogP contribution in [0.15, 0.2) is 54.6 Å². The molecule has 2 aromatic rings. The van der Waals surface area contributed by atoms with Crippen molar-refractivity contribution in [2.24, 2.45) is 0 Å². The zero-order chi connectivity index (χ0) is 17.2. The van der Waals surface area contributed by atoms with Gasteiger partial charge in [-0.05, 0) is 43.0 Å². The van der Waals surface area contributed by atoms with Crippen LogP contribution < -0.4 is 9.64 Å². The lowest BCUT2D eigenvalue weighted by Gasteiger charge is -2.16. The van der Waals surface area contributed by atoms with Gasteiger partial charge in [-0.1, -0.05) is 48.4 Å². The van der Waals surface area contributed by atoms with E-state index in [9.17, 15) is 0 Å². The molecule has 0 radical (unpaired) electrons. The molecule has 0 aliphatic heterocycles. The summed E-state index contributed by atoms with van der Waals surface area (Å²) in [7, 11) is 1.70. The van der Waals surface area contributed by atoms with Crippen LogP contribution in [0.25, 0.3) is 0 Å².